The molecule has 2 bridgehead atoms. The average Bonchev–Trinajstić information content (AvgIpc) is 4.04. The predicted molar refractivity (Wildman–Crippen MR) is 290 cm³/mol. The molecule has 72 heavy (non-hydrogen) atoms. The molecule has 2 unspecified atom stereocenters. The first-order valence-corrected chi connectivity index (χ1v) is 24.5. The van der Waals surface area contributed by atoms with E-state index in [4.69, 9.17) is 8.83 Å². The van der Waals surface area contributed by atoms with Crippen LogP contribution in [0.1, 0.15) is 58.1 Å². The van der Waals surface area contributed by atoms with Gasteiger partial charge >= 0.3 is 0 Å². The molecule has 0 N–H and O–H groups in total. The van der Waals surface area contributed by atoms with Gasteiger partial charge in [-0.2, -0.15) is 10.5 Å². The molecule has 0 spiro atoms. The number of fused-ring (bicyclic) bond motifs is 7. The van der Waals surface area contributed by atoms with Crippen molar-refractivity contribution < 1.29 is 8.83 Å². The smallest absolute Gasteiger partial charge is 0.159 e. The highest BCUT2D eigenvalue weighted by Gasteiger charge is 2.46. The Hall–Kier alpha value is -9.62. The number of benzene rings is 10. The maximum absolute atomic E-state index is 12.0. The Kier molecular flexibility index (Phi) is 9.49. The number of furan rings is 2. The number of rotatable bonds is 8. The van der Waals surface area contributed by atoms with Gasteiger partial charge in [-0.15, -0.1) is 0 Å². The fourth-order valence-corrected chi connectivity index (χ4v) is 12.0. The normalized spacial score (nSPS) is 14.5. The summed E-state index contributed by atoms with van der Waals surface area (Å²) in [5, 5.41) is 28.0. The van der Waals surface area contributed by atoms with Gasteiger partial charge in [-0.05, 0) is 106 Å². The lowest BCUT2D eigenvalue weighted by Crippen LogP contribution is -2.31. The van der Waals surface area contributed by atoms with Crippen molar-refractivity contribution in [3.8, 4) is 34.4 Å². The van der Waals surface area contributed by atoms with Crippen LogP contribution in [0.5, 0.6) is 0 Å². The number of anilines is 6. The average molecular weight is 923 g/mol. The van der Waals surface area contributed by atoms with E-state index in [0.717, 1.165) is 102 Å². The van der Waals surface area contributed by atoms with Crippen LogP contribution >= 0.6 is 0 Å². The number of para-hydroxylation sites is 4. The molecule has 0 aliphatic heterocycles. The Labute approximate surface area is 416 Å². The molecular weight excluding hydrogens is 881 g/mol. The van der Waals surface area contributed by atoms with Crippen LogP contribution in [-0.2, 0) is 0 Å². The van der Waals surface area contributed by atoms with Gasteiger partial charge in [0, 0.05) is 44.8 Å². The van der Waals surface area contributed by atoms with Crippen LogP contribution in [0.25, 0.3) is 66.1 Å². The summed E-state index contributed by atoms with van der Waals surface area (Å²) < 4.78 is 13.7. The molecule has 3 aliphatic rings. The van der Waals surface area contributed by atoms with Gasteiger partial charge in [0.2, 0.25) is 0 Å². The lowest BCUT2D eigenvalue weighted by molar-refractivity contribution is 0.520. The first-order valence-electron chi connectivity index (χ1n) is 24.5. The summed E-state index contributed by atoms with van der Waals surface area (Å²) in [5.41, 5.74) is 17.1. The van der Waals surface area contributed by atoms with Crippen molar-refractivity contribution in [1.82, 2.24) is 0 Å². The van der Waals surface area contributed by atoms with E-state index in [1.807, 2.05) is 48.5 Å². The molecule has 6 nitrogen and oxygen atoms in total. The Morgan fingerprint density at radius 1 is 0.361 bits per heavy atom. The van der Waals surface area contributed by atoms with Crippen LogP contribution in [0.3, 0.4) is 0 Å². The van der Waals surface area contributed by atoms with Crippen LogP contribution in [0.2, 0.25) is 0 Å². The van der Waals surface area contributed by atoms with Gasteiger partial charge in [-0.3, -0.25) is 0 Å². The summed E-state index contributed by atoms with van der Waals surface area (Å²) in [5.74, 6) is -0.194. The standard InChI is InChI=1S/C66H42N4O2/c67-39-55-56(40-68)64(70(46-35-31-44(32-36-46)42-17-5-2-6-18-42)58-26-14-24-54-50-22-10-12-28-60(50)72-66(54)58)62-52-38-37-51(47-19-7-8-20-48(47)52)61(62)63(55)69(45-33-29-43(30-34-45)41-15-3-1-4-16-41)57-25-13-23-53-49-21-9-11-27-59(49)71-65(53)57/h1-36,51-52H,37-38H2. The molecule has 15 rings (SSSR count). The van der Waals surface area contributed by atoms with Crippen LogP contribution in [0, 0.1) is 22.7 Å². The molecule has 0 fully saturated rings. The summed E-state index contributed by atoms with van der Waals surface area (Å²) in [7, 11) is 0. The summed E-state index contributed by atoms with van der Waals surface area (Å²) >= 11 is 0. The molecule has 10 aromatic carbocycles. The van der Waals surface area contributed by atoms with E-state index in [-0.39, 0.29) is 11.8 Å². The van der Waals surface area contributed by atoms with Crippen LogP contribution in [0.4, 0.5) is 34.1 Å². The van der Waals surface area contributed by atoms with E-state index < -0.39 is 0 Å². The highest BCUT2D eigenvalue weighted by molar-refractivity contribution is 6.13. The van der Waals surface area contributed by atoms with Crippen molar-refractivity contribution >= 4 is 78.0 Å². The lowest BCUT2D eigenvalue weighted by Gasteiger charge is -2.46. The number of nitriles is 2. The third kappa shape index (κ3) is 6.26. The largest absolute Gasteiger partial charge is 0.454 e. The van der Waals surface area contributed by atoms with E-state index in [9.17, 15) is 10.5 Å². The first-order chi connectivity index (χ1) is 35.7. The maximum atomic E-state index is 12.0. The van der Waals surface area contributed by atoms with Crippen molar-refractivity contribution in [3.05, 3.63) is 252 Å². The molecule has 2 aromatic heterocycles. The topological polar surface area (TPSA) is 80.3 Å². The maximum Gasteiger partial charge on any atom is 0.159 e. The van der Waals surface area contributed by atoms with E-state index >= 15 is 0 Å². The van der Waals surface area contributed by atoms with Gasteiger partial charge in [-0.25, -0.2) is 0 Å². The first kappa shape index (κ1) is 41.4. The summed E-state index contributed by atoms with van der Waals surface area (Å²) in [4.78, 5) is 4.42. The van der Waals surface area contributed by atoms with Crippen LogP contribution < -0.4 is 9.80 Å². The third-order valence-corrected chi connectivity index (χ3v) is 15.1. The van der Waals surface area contributed by atoms with Crippen molar-refractivity contribution in [1.29, 1.82) is 10.5 Å². The summed E-state index contributed by atoms with van der Waals surface area (Å²) in [6, 6.07) is 80.8. The monoisotopic (exact) mass is 922 g/mol. The van der Waals surface area contributed by atoms with E-state index in [0.29, 0.717) is 33.7 Å². The zero-order valence-corrected chi connectivity index (χ0v) is 39.0. The minimum Gasteiger partial charge on any atom is -0.454 e. The van der Waals surface area contributed by atoms with E-state index in [2.05, 4.69) is 192 Å². The summed E-state index contributed by atoms with van der Waals surface area (Å²) in [6.07, 6.45) is 1.75. The van der Waals surface area contributed by atoms with E-state index in [1.54, 1.807) is 0 Å². The molecule has 338 valence electrons. The number of hydrogen-bond acceptors (Lipinski definition) is 6. The molecular formula is C66H42N4O2. The second-order valence-electron chi connectivity index (χ2n) is 18.8. The Bertz CT molecular complexity index is 3920. The van der Waals surface area contributed by atoms with Crippen molar-refractivity contribution in [2.75, 3.05) is 9.80 Å². The van der Waals surface area contributed by atoms with Gasteiger partial charge in [0.15, 0.2) is 11.2 Å². The molecule has 2 atom stereocenters. The van der Waals surface area contributed by atoms with Crippen molar-refractivity contribution in [2.24, 2.45) is 0 Å². The molecule has 0 saturated carbocycles. The van der Waals surface area contributed by atoms with Gasteiger partial charge in [-0.1, -0.05) is 170 Å². The van der Waals surface area contributed by atoms with Crippen LogP contribution in [-0.4, -0.2) is 0 Å². The second-order valence-corrected chi connectivity index (χ2v) is 18.8. The van der Waals surface area contributed by atoms with Gasteiger partial charge in [0.05, 0.1) is 33.9 Å². The van der Waals surface area contributed by atoms with E-state index in [1.165, 1.54) is 11.1 Å². The van der Waals surface area contributed by atoms with Crippen molar-refractivity contribution in [3.63, 3.8) is 0 Å². The van der Waals surface area contributed by atoms with Gasteiger partial charge in [0.25, 0.3) is 0 Å². The molecule has 12 aromatic rings. The molecule has 0 radical (unpaired) electrons. The third-order valence-electron chi connectivity index (χ3n) is 15.1. The molecule has 6 heteroatoms. The highest BCUT2D eigenvalue weighted by Crippen LogP contribution is 2.63. The molecule has 0 amide bonds. The molecule has 2 heterocycles. The minimum absolute atomic E-state index is 0.0972. The van der Waals surface area contributed by atoms with Crippen LogP contribution in [0.15, 0.2) is 227 Å². The minimum atomic E-state index is -0.0972. The Balaban J connectivity index is 1.11. The Morgan fingerprint density at radius 2 is 0.722 bits per heavy atom. The lowest BCUT2D eigenvalue weighted by atomic mass is 9.62. The second kappa shape index (κ2) is 16.5. The zero-order valence-electron chi connectivity index (χ0n) is 39.0. The highest BCUT2D eigenvalue weighted by atomic mass is 16.3. The fourth-order valence-electron chi connectivity index (χ4n) is 12.0. The molecule has 3 aliphatic carbocycles. The fraction of sp³-hybridized carbons (Fsp3) is 0.0606. The zero-order chi connectivity index (χ0) is 47.9. The Morgan fingerprint density at radius 3 is 1.14 bits per heavy atom. The van der Waals surface area contributed by atoms with Gasteiger partial charge < -0.3 is 18.6 Å². The van der Waals surface area contributed by atoms with Crippen molar-refractivity contribution in [2.45, 2.75) is 24.7 Å². The predicted octanol–water partition coefficient (Wildman–Crippen LogP) is 17.9. The quantitative estimate of drug-likeness (QED) is 0.151. The summed E-state index contributed by atoms with van der Waals surface area (Å²) in [6.45, 7) is 0. The SMILES string of the molecule is N#Cc1c(C#N)c(N(c2ccc(-c3ccccc3)cc2)c2cccc3c2oc2ccccc23)c2c(c1N(c1ccc(-c3ccccc3)cc1)c1cccc3c1oc1ccccc13)C1CCC2c2ccccc21. The number of hydrogen-bond donors (Lipinski definition) is 0. The number of nitrogens with zero attached hydrogens (tertiary/aromatic N) is 4. The van der Waals surface area contributed by atoms with Gasteiger partial charge in [0.1, 0.15) is 23.3 Å². The molecule has 0 saturated heterocycles.